The molecule has 2 aliphatic rings. The molecule has 3 atom stereocenters. The van der Waals surface area contributed by atoms with E-state index < -0.39 is 0 Å². The fraction of sp³-hybridized carbons (Fsp3) is 1.00. The summed E-state index contributed by atoms with van der Waals surface area (Å²) in [6.07, 6.45) is 12.8. The van der Waals surface area contributed by atoms with Gasteiger partial charge in [-0.1, -0.05) is 39.5 Å². The number of nitrogens with zero attached hydrogens (tertiary/aromatic N) is 1. The van der Waals surface area contributed by atoms with Crippen LogP contribution in [0.4, 0.5) is 0 Å². The topological polar surface area (TPSA) is 15.3 Å². The summed E-state index contributed by atoms with van der Waals surface area (Å²) < 4.78 is 0. The minimum atomic E-state index is 0.742. The van der Waals surface area contributed by atoms with Crippen molar-refractivity contribution in [1.29, 1.82) is 0 Å². The molecule has 2 rings (SSSR count). The molecular weight excluding hydrogens is 256 g/mol. The van der Waals surface area contributed by atoms with E-state index in [1.807, 2.05) is 0 Å². The van der Waals surface area contributed by atoms with Crippen molar-refractivity contribution >= 4 is 0 Å². The molecule has 124 valence electrons. The van der Waals surface area contributed by atoms with Crippen LogP contribution in [0.15, 0.2) is 0 Å². The van der Waals surface area contributed by atoms with Crippen LogP contribution < -0.4 is 5.32 Å². The highest BCUT2D eigenvalue weighted by Gasteiger charge is 2.29. The lowest BCUT2D eigenvalue weighted by Gasteiger charge is -2.41. The fourth-order valence-electron chi connectivity index (χ4n) is 4.35. The maximum absolute atomic E-state index is 3.95. The molecule has 2 nitrogen and oxygen atoms in total. The van der Waals surface area contributed by atoms with Crippen LogP contribution in [0.3, 0.4) is 0 Å². The normalized spacial score (nSPS) is 30.4. The van der Waals surface area contributed by atoms with Gasteiger partial charge in [-0.15, -0.1) is 0 Å². The smallest absolute Gasteiger partial charge is 0.0198 e. The molecule has 1 aliphatic carbocycles. The first-order chi connectivity index (χ1) is 10.2. The summed E-state index contributed by atoms with van der Waals surface area (Å²) in [7, 11) is 0. The molecule has 0 amide bonds. The fourth-order valence-corrected chi connectivity index (χ4v) is 4.35. The van der Waals surface area contributed by atoms with Crippen molar-refractivity contribution in [1.82, 2.24) is 10.2 Å². The Kier molecular flexibility index (Phi) is 7.53. The van der Waals surface area contributed by atoms with Crippen molar-refractivity contribution in [2.45, 2.75) is 90.6 Å². The van der Waals surface area contributed by atoms with Crippen molar-refractivity contribution in [3.05, 3.63) is 0 Å². The van der Waals surface area contributed by atoms with E-state index in [0.29, 0.717) is 0 Å². The highest BCUT2D eigenvalue weighted by Crippen LogP contribution is 2.26. The predicted molar refractivity (Wildman–Crippen MR) is 92.7 cm³/mol. The third-order valence-electron chi connectivity index (χ3n) is 5.90. The summed E-state index contributed by atoms with van der Waals surface area (Å²) in [5, 5.41) is 3.95. The first kappa shape index (κ1) is 17.3. The summed E-state index contributed by atoms with van der Waals surface area (Å²) in [5.74, 6) is 1.88. The van der Waals surface area contributed by atoms with Gasteiger partial charge in [0.2, 0.25) is 0 Å². The number of rotatable bonds is 7. The Hall–Kier alpha value is -0.0800. The SMILES string of the molecule is CCCC1CC(NCC2CCCCC2)CN(C(C)CC)C1. The van der Waals surface area contributed by atoms with Gasteiger partial charge in [-0.05, 0) is 57.4 Å². The molecule has 2 heteroatoms. The first-order valence-corrected chi connectivity index (χ1v) is 9.70. The summed E-state index contributed by atoms with van der Waals surface area (Å²) in [6.45, 7) is 11.0. The lowest BCUT2D eigenvalue weighted by Crippen LogP contribution is -2.52. The van der Waals surface area contributed by atoms with Gasteiger partial charge in [-0.3, -0.25) is 4.90 Å². The van der Waals surface area contributed by atoms with Gasteiger partial charge in [-0.2, -0.15) is 0 Å². The second-order valence-electron chi connectivity index (χ2n) is 7.71. The van der Waals surface area contributed by atoms with Gasteiger partial charge in [0.1, 0.15) is 0 Å². The Labute approximate surface area is 133 Å². The molecule has 1 heterocycles. The van der Waals surface area contributed by atoms with Crippen LogP contribution in [0.5, 0.6) is 0 Å². The van der Waals surface area contributed by atoms with Crippen LogP contribution in [-0.2, 0) is 0 Å². The molecule has 1 saturated heterocycles. The number of piperidine rings is 1. The molecule has 1 N–H and O–H groups in total. The number of hydrogen-bond acceptors (Lipinski definition) is 2. The molecule has 0 aromatic carbocycles. The summed E-state index contributed by atoms with van der Waals surface area (Å²) in [4.78, 5) is 2.75. The lowest BCUT2D eigenvalue weighted by molar-refractivity contribution is 0.0956. The van der Waals surface area contributed by atoms with Crippen LogP contribution in [-0.4, -0.2) is 36.6 Å². The van der Waals surface area contributed by atoms with Crippen molar-refractivity contribution in [3.8, 4) is 0 Å². The third kappa shape index (κ3) is 5.56. The van der Waals surface area contributed by atoms with E-state index in [2.05, 4.69) is 31.0 Å². The second kappa shape index (κ2) is 9.15. The van der Waals surface area contributed by atoms with Crippen LogP contribution >= 0.6 is 0 Å². The van der Waals surface area contributed by atoms with E-state index in [4.69, 9.17) is 0 Å². The maximum Gasteiger partial charge on any atom is 0.0198 e. The minimum Gasteiger partial charge on any atom is -0.312 e. The van der Waals surface area contributed by atoms with Gasteiger partial charge < -0.3 is 5.32 Å². The molecule has 0 bridgehead atoms. The van der Waals surface area contributed by atoms with E-state index in [-0.39, 0.29) is 0 Å². The first-order valence-electron chi connectivity index (χ1n) is 9.70. The highest BCUT2D eigenvalue weighted by molar-refractivity contribution is 4.86. The van der Waals surface area contributed by atoms with Crippen LogP contribution in [0, 0.1) is 11.8 Å². The van der Waals surface area contributed by atoms with Crippen LogP contribution in [0.1, 0.15) is 78.6 Å². The van der Waals surface area contributed by atoms with Gasteiger partial charge in [0, 0.05) is 25.2 Å². The van der Waals surface area contributed by atoms with Crippen molar-refractivity contribution in [3.63, 3.8) is 0 Å². The van der Waals surface area contributed by atoms with E-state index >= 15 is 0 Å². The standard InChI is InChI=1S/C19H38N2/c1-4-9-18-12-19(15-21(14-18)16(3)5-2)20-13-17-10-7-6-8-11-17/h16-20H,4-15H2,1-3H3. The quantitative estimate of drug-likeness (QED) is 0.746. The van der Waals surface area contributed by atoms with E-state index in [1.54, 1.807) is 0 Å². The number of likely N-dealkylation sites (tertiary alicyclic amines) is 1. The van der Waals surface area contributed by atoms with Gasteiger partial charge >= 0.3 is 0 Å². The summed E-state index contributed by atoms with van der Waals surface area (Å²) in [5.41, 5.74) is 0. The van der Waals surface area contributed by atoms with Crippen molar-refractivity contribution in [2.75, 3.05) is 19.6 Å². The second-order valence-corrected chi connectivity index (χ2v) is 7.71. The Morgan fingerprint density at radius 1 is 1.05 bits per heavy atom. The molecule has 21 heavy (non-hydrogen) atoms. The Morgan fingerprint density at radius 2 is 1.81 bits per heavy atom. The van der Waals surface area contributed by atoms with E-state index in [1.165, 1.54) is 77.4 Å². The van der Waals surface area contributed by atoms with Gasteiger partial charge in [0.15, 0.2) is 0 Å². The zero-order valence-corrected chi connectivity index (χ0v) is 14.7. The molecule has 0 spiro atoms. The molecule has 0 aromatic rings. The van der Waals surface area contributed by atoms with Crippen molar-refractivity contribution < 1.29 is 0 Å². The molecular formula is C19H38N2. The molecule has 1 saturated carbocycles. The average Bonchev–Trinajstić information content (AvgIpc) is 2.53. The lowest BCUT2D eigenvalue weighted by atomic mass is 9.87. The average molecular weight is 295 g/mol. The van der Waals surface area contributed by atoms with E-state index in [9.17, 15) is 0 Å². The maximum atomic E-state index is 3.95. The Balaban J connectivity index is 1.81. The highest BCUT2D eigenvalue weighted by atomic mass is 15.2. The molecule has 3 unspecified atom stereocenters. The molecule has 0 aromatic heterocycles. The summed E-state index contributed by atoms with van der Waals surface area (Å²) >= 11 is 0. The molecule has 1 aliphatic heterocycles. The summed E-state index contributed by atoms with van der Waals surface area (Å²) in [6, 6.07) is 1.50. The number of hydrogen-bond donors (Lipinski definition) is 1. The minimum absolute atomic E-state index is 0.742. The number of nitrogens with one attached hydrogen (secondary N) is 1. The van der Waals surface area contributed by atoms with Gasteiger partial charge in [0.25, 0.3) is 0 Å². The van der Waals surface area contributed by atoms with Crippen LogP contribution in [0.25, 0.3) is 0 Å². The largest absolute Gasteiger partial charge is 0.312 e. The van der Waals surface area contributed by atoms with Crippen LogP contribution in [0.2, 0.25) is 0 Å². The Morgan fingerprint density at radius 3 is 2.48 bits per heavy atom. The predicted octanol–water partition coefficient (Wildman–Crippen LogP) is 4.45. The van der Waals surface area contributed by atoms with Gasteiger partial charge in [-0.25, -0.2) is 0 Å². The third-order valence-corrected chi connectivity index (χ3v) is 5.90. The molecule has 0 radical (unpaired) electrons. The van der Waals surface area contributed by atoms with Crippen molar-refractivity contribution in [2.24, 2.45) is 11.8 Å². The van der Waals surface area contributed by atoms with Gasteiger partial charge in [0.05, 0.1) is 0 Å². The Bertz CT molecular complexity index is 273. The monoisotopic (exact) mass is 294 g/mol. The zero-order chi connectivity index (χ0) is 15.1. The zero-order valence-electron chi connectivity index (χ0n) is 14.7. The van der Waals surface area contributed by atoms with E-state index in [0.717, 1.165) is 23.9 Å². The molecule has 2 fully saturated rings.